The van der Waals surface area contributed by atoms with Crippen LogP contribution in [0, 0.1) is 0 Å². The number of aliphatic hydroxyl groups excluding tert-OH is 1. The van der Waals surface area contributed by atoms with E-state index in [1.54, 1.807) is 6.08 Å². The Kier molecular flexibility index (Phi) is 35.2. The van der Waals surface area contributed by atoms with E-state index in [9.17, 15) is 19.4 Å². The van der Waals surface area contributed by atoms with Crippen LogP contribution in [0.25, 0.3) is 0 Å². The fourth-order valence-electron chi connectivity index (χ4n) is 5.46. The van der Waals surface area contributed by atoms with Gasteiger partial charge in [-0.3, -0.25) is 13.8 Å². The molecule has 0 spiro atoms. The Hall–Kier alpha value is -2.06. The number of quaternary nitrogens is 1. The monoisotopic (exact) mass is 778 g/mol. The van der Waals surface area contributed by atoms with Crippen LogP contribution in [0.3, 0.4) is 0 Å². The molecule has 0 saturated heterocycles. The molecule has 8 nitrogen and oxygen atoms in total. The van der Waals surface area contributed by atoms with Crippen molar-refractivity contribution in [1.82, 2.24) is 5.32 Å². The Morgan fingerprint density at radius 3 is 1.61 bits per heavy atom. The first kappa shape index (κ1) is 51.9. The second-order valence-corrected chi connectivity index (χ2v) is 16.8. The number of carbonyl (C=O) groups excluding carboxylic acids is 1. The molecule has 0 aliphatic rings. The first-order valence-corrected chi connectivity index (χ1v) is 22.8. The first-order chi connectivity index (χ1) is 26.0. The van der Waals surface area contributed by atoms with Crippen LogP contribution < -0.4 is 5.32 Å². The van der Waals surface area contributed by atoms with E-state index >= 15 is 0 Å². The van der Waals surface area contributed by atoms with E-state index in [2.05, 4.69) is 79.9 Å². The third-order valence-electron chi connectivity index (χ3n) is 8.90. The number of likely N-dealkylation sites (N-methyl/N-ethyl adjacent to an activating group) is 1. The molecule has 0 fully saturated rings. The molecule has 9 heteroatoms. The van der Waals surface area contributed by atoms with Gasteiger partial charge in [-0.25, -0.2) is 4.57 Å². The van der Waals surface area contributed by atoms with Gasteiger partial charge in [0.05, 0.1) is 39.9 Å². The fraction of sp³-hybridized carbons (Fsp3) is 0.711. The number of carbonyl (C=O) groups is 1. The van der Waals surface area contributed by atoms with E-state index in [0.29, 0.717) is 17.4 Å². The third-order valence-corrected chi connectivity index (χ3v) is 9.88. The molecule has 0 aromatic carbocycles. The molecule has 1 unspecified atom stereocenters. The van der Waals surface area contributed by atoms with Gasteiger partial charge < -0.3 is 19.8 Å². The average molecular weight is 778 g/mol. The molecule has 312 valence electrons. The van der Waals surface area contributed by atoms with Crippen LogP contribution >= 0.6 is 7.82 Å². The van der Waals surface area contributed by atoms with Gasteiger partial charge in [-0.2, -0.15) is 0 Å². The number of allylic oxidation sites excluding steroid dienone is 11. The predicted molar refractivity (Wildman–Crippen MR) is 230 cm³/mol. The number of nitrogens with one attached hydrogen (secondary N) is 1. The van der Waals surface area contributed by atoms with Crippen molar-refractivity contribution in [2.45, 2.75) is 167 Å². The summed E-state index contributed by atoms with van der Waals surface area (Å²) in [5.41, 5.74) is 0. The van der Waals surface area contributed by atoms with Crippen LogP contribution in [0.4, 0.5) is 0 Å². The van der Waals surface area contributed by atoms with Crippen LogP contribution in [0.5, 0.6) is 0 Å². The van der Waals surface area contributed by atoms with Gasteiger partial charge in [0.2, 0.25) is 5.91 Å². The number of unbranched alkanes of at least 4 members (excludes halogenated alkanes) is 14. The van der Waals surface area contributed by atoms with Crippen molar-refractivity contribution in [3.63, 3.8) is 0 Å². The SMILES string of the molecule is CCCCCCC/C=C/CC/C=C/[C@@H](O)[C@H](COP(=O)(O)OCC[N+](C)(C)C)NC(=O)CCC/C=C/C/C=C/C/C=C/C/C=C/CCCCCCCCC. The number of hydrogen-bond acceptors (Lipinski definition) is 5. The number of phosphoric ester groups is 1. The normalized spacial score (nSPS) is 15.2. The van der Waals surface area contributed by atoms with Gasteiger partial charge in [0.25, 0.3) is 0 Å². The lowest BCUT2D eigenvalue weighted by atomic mass is 10.1. The zero-order valence-electron chi connectivity index (χ0n) is 35.2. The molecular weight excluding hydrogens is 695 g/mol. The Labute approximate surface area is 332 Å². The van der Waals surface area contributed by atoms with Crippen LogP contribution in [0.15, 0.2) is 72.9 Å². The summed E-state index contributed by atoms with van der Waals surface area (Å²) < 4.78 is 23.4. The average Bonchev–Trinajstić information content (AvgIpc) is 3.12. The van der Waals surface area contributed by atoms with Crippen LogP contribution in [0.1, 0.15) is 155 Å². The highest BCUT2D eigenvalue weighted by atomic mass is 31.2. The number of amides is 1. The molecule has 1 amide bonds. The van der Waals surface area contributed by atoms with Gasteiger partial charge in [-0.15, -0.1) is 0 Å². The second-order valence-electron chi connectivity index (χ2n) is 15.4. The zero-order valence-corrected chi connectivity index (χ0v) is 36.1. The van der Waals surface area contributed by atoms with Gasteiger partial charge in [-0.1, -0.05) is 151 Å². The van der Waals surface area contributed by atoms with E-state index in [0.717, 1.165) is 44.9 Å². The first-order valence-electron chi connectivity index (χ1n) is 21.3. The lowest BCUT2D eigenvalue weighted by Gasteiger charge is -2.25. The Bertz CT molecular complexity index is 1110. The standard InChI is InChI=1S/C45H81N2O6P/c1-6-8-10-12-14-16-18-19-20-21-22-23-24-25-26-27-29-31-33-35-37-39-45(49)46-43(42-53-54(50,51)52-41-40-47(3,4)5)44(48)38-36-34-32-30-28-17-15-13-11-9-7-2/h20-21,23-24,26-28,30-31,33,36,38,43-44,48H,6-19,22,25,29,32,34-35,37,39-42H2,1-5H3,(H-,46,49,50,51)/p+1/b21-20+,24-23+,27-26+,30-28+,33-31+,38-36+/t43-,44+/m0/s1. The summed E-state index contributed by atoms with van der Waals surface area (Å²) in [4.78, 5) is 23.0. The highest BCUT2D eigenvalue weighted by Crippen LogP contribution is 2.43. The lowest BCUT2D eigenvalue weighted by Crippen LogP contribution is -2.45. The molecule has 0 saturated carbocycles. The van der Waals surface area contributed by atoms with Gasteiger partial charge in [0.1, 0.15) is 13.2 Å². The quantitative estimate of drug-likeness (QED) is 0.0251. The van der Waals surface area contributed by atoms with Crippen LogP contribution in [-0.4, -0.2) is 73.4 Å². The van der Waals surface area contributed by atoms with Crippen molar-refractivity contribution in [2.24, 2.45) is 0 Å². The predicted octanol–water partition coefficient (Wildman–Crippen LogP) is 11.6. The summed E-state index contributed by atoms with van der Waals surface area (Å²) in [6, 6.07) is -0.893. The molecular formula is C45H82N2O6P+. The summed E-state index contributed by atoms with van der Waals surface area (Å²) in [5.74, 6) is -0.246. The second kappa shape index (κ2) is 36.6. The van der Waals surface area contributed by atoms with Crippen molar-refractivity contribution < 1.29 is 32.9 Å². The zero-order chi connectivity index (χ0) is 40.0. The van der Waals surface area contributed by atoms with E-state index < -0.39 is 20.0 Å². The van der Waals surface area contributed by atoms with Crippen molar-refractivity contribution in [3.05, 3.63) is 72.9 Å². The number of aliphatic hydroxyl groups is 1. The summed E-state index contributed by atoms with van der Waals surface area (Å²) in [6.45, 7) is 4.69. The van der Waals surface area contributed by atoms with Gasteiger partial charge in [0.15, 0.2) is 0 Å². The summed E-state index contributed by atoms with van der Waals surface area (Å²) >= 11 is 0. The number of phosphoric acid groups is 1. The molecule has 0 bridgehead atoms. The van der Waals surface area contributed by atoms with Crippen LogP contribution in [-0.2, 0) is 18.4 Å². The molecule has 0 rings (SSSR count). The molecule has 0 aliphatic heterocycles. The van der Waals surface area contributed by atoms with Gasteiger partial charge in [0, 0.05) is 6.42 Å². The van der Waals surface area contributed by atoms with Crippen molar-refractivity contribution in [1.29, 1.82) is 0 Å². The van der Waals surface area contributed by atoms with Gasteiger partial charge in [-0.05, 0) is 70.6 Å². The largest absolute Gasteiger partial charge is 0.472 e. The third kappa shape index (κ3) is 38.2. The van der Waals surface area contributed by atoms with Gasteiger partial charge >= 0.3 is 7.82 Å². The number of hydrogen-bond donors (Lipinski definition) is 3. The van der Waals surface area contributed by atoms with Crippen molar-refractivity contribution in [3.8, 4) is 0 Å². The number of nitrogens with zero attached hydrogens (tertiary/aromatic N) is 1. The minimum Gasteiger partial charge on any atom is -0.387 e. The Morgan fingerprint density at radius 1 is 0.630 bits per heavy atom. The maximum atomic E-state index is 12.8. The molecule has 0 heterocycles. The van der Waals surface area contributed by atoms with Crippen molar-refractivity contribution >= 4 is 13.7 Å². The summed E-state index contributed by atoms with van der Waals surface area (Å²) in [6.07, 6.45) is 48.5. The van der Waals surface area contributed by atoms with Crippen molar-refractivity contribution in [2.75, 3.05) is 40.9 Å². The topological polar surface area (TPSA) is 105 Å². The molecule has 54 heavy (non-hydrogen) atoms. The van der Waals surface area contributed by atoms with Crippen LogP contribution in [0.2, 0.25) is 0 Å². The summed E-state index contributed by atoms with van der Waals surface area (Å²) in [7, 11) is 1.51. The molecule has 0 aromatic heterocycles. The van der Waals surface area contributed by atoms with E-state index in [4.69, 9.17) is 9.05 Å². The molecule has 0 aliphatic carbocycles. The summed E-state index contributed by atoms with van der Waals surface area (Å²) in [5, 5.41) is 13.7. The lowest BCUT2D eigenvalue weighted by molar-refractivity contribution is -0.870. The molecule has 3 atom stereocenters. The maximum Gasteiger partial charge on any atom is 0.472 e. The van der Waals surface area contributed by atoms with E-state index in [1.165, 1.54) is 83.5 Å². The highest BCUT2D eigenvalue weighted by Gasteiger charge is 2.27. The molecule has 0 radical (unpaired) electrons. The molecule has 3 N–H and O–H groups in total. The Morgan fingerprint density at radius 2 is 1.07 bits per heavy atom. The fourth-order valence-corrected chi connectivity index (χ4v) is 6.19. The van der Waals surface area contributed by atoms with E-state index in [1.807, 2.05) is 27.2 Å². The number of rotatable bonds is 37. The molecule has 0 aromatic rings. The van der Waals surface area contributed by atoms with E-state index in [-0.39, 0.29) is 25.5 Å². The maximum absolute atomic E-state index is 12.8. The Balaban J connectivity index is 4.55. The highest BCUT2D eigenvalue weighted by molar-refractivity contribution is 7.47. The minimum absolute atomic E-state index is 0.0423. The smallest absolute Gasteiger partial charge is 0.387 e. The minimum atomic E-state index is -4.36.